The van der Waals surface area contributed by atoms with E-state index in [0.717, 1.165) is 25.8 Å². The molecule has 1 aromatic carbocycles. The number of hydrogen-bond donors (Lipinski definition) is 2. The average molecular weight is 296 g/mol. The Morgan fingerprint density at radius 2 is 1.85 bits per heavy atom. The van der Waals surface area contributed by atoms with Crippen molar-refractivity contribution in [1.29, 1.82) is 0 Å². The molecule has 4 nitrogen and oxygen atoms in total. The Bertz CT molecular complexity index is 555. The van der Waals surface area contributed by atoms with Gasteiger partial charge in [0, 0.05) is 6.54 Å². The van der Waals surface area contributed by atoms with Gasteiger partial charge in [0.15, 0.2) is 0 Å². The quantitative estimate of drug-likeness (QED) is 0.840. The van der Waals surface area contributed by atoms with E-state index in [0.29, 0.717) is 11.4 Å². The van der Waals surface area contributed by atoms with Gasteiger partial charge < -0.3 is 5.32 Å². The Morgan fingerprint density at radius 3 is 2.55 bits per heavy atom. The number of sulfonamides is 1. The summed E-state index contributed by atoms with van der Waals surface area (Å²) in [4.78, 5) is 0.398. The molecule has 0 saturated carbocycles. The largest absolute Gasteiger partial charge is 0.319 e. The highest BCUT2D eigenvalue weighted by Crippen LogP contribution is 2.24. The molecule has 20 heavy (non-hydrogen) atoms. The Balaban J connectivity index is 2.09. The van der Waals surface area contributed by atoms with Crippen molar-refractivity contribution < 1.29 is 8.42 Å². The number of hydrogen-bond acceptors (Lipinski definition) is 3. The lowest BCUT2D eigenvalue weighted by molar-refractivity contribution is 0.519. The molecule has 0 fully saturated rings. The molecule has 0 saturated heterocycles. The van der Waals surface area contributed by atoms with Gasteiger partial charge in [0.1, 0.15) is 0 Å². The van der Waals surface area contributed by atoms with Crippen molar-refractivity contribution in [3.05, 3.63) is 29.3 Å². The van der Waals surface area contributed by atoms with Gasteiger partial charge in [0.05, 0.1) is 4.90 Å². The topological polar surface area (TPSA) is 58.2 Å². The summed E-state index contributed by atoms with van der Waals surface area (Å²) in [6.07, 6.45) is 4.43. The average Bonchev–Trinajstić information content (AvgIpc) is 2.45. The summed E-state index contributed by atoms with van der Waals surface area (Å²) in [5.41, 5.74) is 2.50. The van der Waals surface area contributed by atoms with Crippen LogP contribution in [-0.2, 0) is 22.9 Å². The summed E-state index contributed by atoms with van der Waals surface area (Å²) < 4.78 is 27.3. The zero-order valence-electron chi connectivity index (χ0n) is 12.3. The van der Waals surface area contributed by atoms with Gasteiger partial charge in [0.25, 0.3) is 0 Å². The summed E-state index contributed by atoms with van der Waals surface area (Å²) in [6.45, 7) is 3.28. The van der Waals surface area contributed by atoms with E-state index in [2.05, 4.69) is 10.0 Å². The highest BCUT2D eigenvalue weighted by Gasteiger charge is 2.18. The van der Waals surface area contributed by atoms with Crippen LogP contribution in [0.2, 0.25) is 0 Å². The van der Waals surface area contributed by atoms with Gasteiger partial charge in [-0.15, -0.1) is 0 Å². The number of rotatable bonds is 6. The first kappa shape index (κ1) is 15.5. The van der Waals surface area contributed by atoms with Gasteiger partial charge in [-0.25, -0.2) is 13.1 Å². The van der Waals surface area contributed by atoms with Crippen molar-refractivity contribution in [1.82, 2.24) is 10.0 Å². The molecule has 0 amide bonds. The molecule has 0 radical (unpaired) electrons. The molecule has 0 heterocycles. The first-order valence-electron chi connectivity index (χ1n) is 7.29. The maximum absolute atomic E-state index is 12.3. The Labute approximate surface area is 122 Å². The van der Waals surface area contributed by atoms with Crippen LogP contribution >= 0.6 is 0 Å². The molecule has 5 heteroatoms. The molecule has 1 aromatic rings. The molecule has 0 aromatic heterocycles. The second-order valence-corrected chi connectivity index (χ2v) is 7.42. The molecule has 0 bridgehead atoms. The highest BCUT2D eigenvalue weighted by molar-refractivity contribution is 7.89. The Hall–Kier alpha value is -0.910. The monoisotopic (exact) mass is 296 g/mol. The lowest BCUT2D eigenvalue weighted by Gasteiger charge is -2.17. The third kappa shape index (κ3) is 3.81. The van der Waals surface area contributed by atoms with E-state index in [1.807, 2.05) is 26.1 Å². The number of nitrogens with one attached hydrogen (secondary N) is 2. The van der Waals surface area contributed by atoms with Gasteiger partial charge in [-0.1, -0.05) is 13.0 Å². The number of aryl methyl sites for hydroxylation is 2. The Kier molecular flexibility index (Phi) is 5.18. The van der Waals surface area contributed by atoms with Crippen molar-refractivity contribution in [3.8, 4) is 0 Å². The van der Waals surface area contributed by atoms with Gasteiger partial charge in [-0.3, -0.25) is 0 Å². The predicted molar refractivity (Wildman–Crippen MR) is 81.4 cm³/mol. The molecular formula is C15H24N2O2S. The minimum absolute atomic E-state index is 0.271. The van der Waals surface area contributed by atoms with Gasteiger partial charge in [-0.05, 0) is 68.5 Å². The van der Waals surface area contributed by atoms with Crippen molar-refractivity contribution >= 4 is 10.0 Å². The minimum atomic E-state index is -3.38. The molecular weight excluding hydrogens is 272 g/mol. The summed E-state index contributed by atoms with van der Waals surface area (Å²) in [5.74, 6) is 0.271. The summed E-state index contributed by atoms with van der Waals surface area (Å²) in [7, 11) is -1.52. The van der Waals surface area contributed by atoms with Crippen LogP contribution in [0.4, 0.5) is 0 Å². The molecule has 0 spiro atoms. The van der Waals surface area contributed by atoms with Gasteiger partial charge in [0.2, 0.25) is 10.0 Å². The van der Waals surface area contributed by atoms with Crippen LogP contribution in [0.5, 0.6) is 0 Å². The van der Waals surface area contributed by atoms with Crippen LogP contribution in [0.3, 0.4) is 0 Å². The second kappa shape index (κ2) is 6.70. The van der Waals surface area contributed by atoms with E-state index >= 15 is 0 Å². The van der Waals surface area contributed by atoms with Crippen LogP contribution in [0.1, 0.15) is 30.9 Å². The Morgan fingerprint density at radius 1 is 1.15 bits per heavy atom. The van der Waals surface area contributed by atoms with E-state index in [1.165, 1.54) is 17.5 Å². The smallest absolute Gasteiger partial charge is 0.240 e. The van der Waals surface area contributed by atoms with Crippen molar-refractivity contribution in [2.24, 2.45) is 5.92 Å². The van der Waals surface area contributed by atoms with Gasteiger partial charge in [-0.2, -0.15) is 0 Å². The standard InChI is InChI=1S/C15H24N2O2S/c1-12(10-16-2)11-17-20(18,19)15-8-7-13-5-3-4-6-14(13)9-15/h7-9,12,16-17H,3-6,10-11H2,1-2H3. The summed E-state index contributed by atoms with van der Waals surface area (Å²) >= 11 is 0. The number of benzene rings is 1. The normalized spacial score (nSPS) is 16.7. The molecule has 112 valence electrons. The summed E-state index contributed by atoms with van der Waals surface area (Å²) in [6, 6.07) is 5.55. The van der Waals surface area contributed by atoms with Crippen LogP contribution in [-0.4, -0.2) is 28.6 Å². The second-order valence-electron chi connectivity index (χ2n) is 5.65. The first-order valence-corrected chi connectivity index (χ1v) is 8.77. The number of fused-ring (bicyclic) bond motifs is 1. The maximum Gasteiger partial charge on any atom is 0.240 e. The minimum Gasteiger partial charge on any atom is -0.319 e. The van der Waals surface area contributed by atoms with Crippen LogP contribution < -0.4 is 10.0 Å². The van der Waals surface area contributed by atoms with Crippen LogP contribution in [0.15, 0.2) is 23.1 Å². The zero-order chi connectivity index (χ0) is 14.6. The third-order valence-electron chi connectivity index (χ3n) is 3.80. The van der Waals surface area contributed by atoms with Crippen LogP contribution in [0, 0.1) is 5.92 Å². The van der Waals surface area contributed by atoms with Gasteiger partial charge >= 0.3 is 0 Å². The molecule has 1 aliphatic carbocycles. The van der Waals surface area contributed by atoms with Crippen molar-refractivity contribution in [2.75, 3.05) is 20.1 Å². The van der Waals surface area contributed by atoms with E-state index in [1.54, 1.807) is 6.07 Å². The van der Waals surface area contributed by atoms with E-state index in [-0.39, 0.29) is 5.92 Å². The molecule has 1 aliphatic rings. The van der Waals surface area contributed by atoms with Crippen molar-refractivity contribution in [3.63, 3.8) is 0 Å². The fourth-order valence-electron chi connectivity index (χ4n) is 2.63. The van der Waals surface area contributed by atoms with Crippen molar-refractivity contribution in [2.45, 2.75) is 37.5 Å². The predicted octanol–water partition coefficient (Wildman–Crippen LogP) is 1.70. The fourth-order valence-corrected chi connectivity index (χ4v) is 3.85. The van der Waals surface area contributed by atoms with E-state index in [4.69, 9.17) is 0 Å². The fraction of sp³-hybridized carbons (Fsp3) is 0.600. The molecule has 2 N–H and O–H groups in total. The van der Waals surface area contributed by atoms with E-state index < -0.39 is 10.0 Å². The third-order valence-corrected chi connectivity index (χ3v) is 5.23. The SMILES string of the molecule is CNCC(C)CNS(=O)(=O)c1ccc2c(c1)CCCC2. The summed E-state index contributed by atoms with van der Waals surface area (Å²) in [5, 5.41) is 3.05. The van der Waals surface area contributed by atoms with E-state index in [9.17, 15) is 8.42 Å². The zero-order valence-corrected chi connectivity index (χ0v) is 13.1. The maximum atomic E-state index is 12.3. The first-order chi connectivity index (χ1) is 9.53. The lowest BCUT2D eigenvalue weighted by atomic mass is 9.92. The molecule has 2 rings (SSSR count). The van der Waals surface area contributed by atoms with Crippen LogP contribution in [0.25, 0.3) is 0 Å². The molecule has 1 atom stereocenters. The highest BCUT2D eigenvalue weighted by atomic mass is 32.2. The molecule has 0 aliphatic heterocycles. The lowest BCUT2D eigenvalue weighted by Crippen LogP contribution is -2.32. The molecule has 1 unspecified atom stereocenters.